The lowest BCUT2D eigenvalue weighted by Gasteiger charge is -2.22. The van der Waals surface area contributed by atoms with Crippen molar-refractivity contribution in [2.24, 2.45) is 0 Å². The summed E-state index contributed by atoms with van der Waals surface area (Å²) in [5.74, 6) is -1.23. The number of carbonyl (C=O) groups is 2. The molecule has 1 saturated carbocycles. The van der Waals surface area contributed by atoms with Gasteiger partial charge in [0.1, 0.15) is 0 Å². The minimum Gasteiger partial charge on any atom is -0.452 e. The molecule has 1 aromatic rings. The summed E-state index contributed by atoms with van der Waals surface area (Å²) < 4.78 is 5.01. The number of non-ortho nitro benzene ring substituents is 1. The number of carbonyl (C=O) groups excluding carboxylic acids is 2. The lowest BCUT2D eigenvalue weighted by atomic mass is 9.95. The van der Waals surface area contributed by atoms with Gasteiger partial charge in [-0.25, -0.2) is 4.79 Å². The van der Waals surface area contributed by atoms with E-state index in [1.54, 1.807) is 0 Å². The molecule has 1 aliphatic carbocycles. The molecule has 26 heavy (non-hydrogen) atoms. The summed E-state index contributed by atoms with van der Waals surface area (Å²) in [5, 5.41) is 25.4. The second-order valence-corrected chi connectivity index (χ2v) is 6.12. The molecule has 1 fully saturated rings. The first kappa shape index (κ1) is 19.6. The molecule has 142 valence electrons. The number of ether oxygens (including phenoxy) is 1. The Labute approximate surface area is 150 Å². The van der Waals surface area contributed by atoms with E-state index in [0.29, 0.717) is 5.69 Å². The molecule has 9 heteroatoms. The third-order valence-electron chi connectivity index (χ3n) is 4.17. The Morgan fingerprint density at radius 2 is 2.00 bits per heavy atom. The molecular formula is C17H23N3O6. The van der Waals surface area contributed by atoms with Crippen LogP contribution in [0.5, 0.6) is 0 Å². The zero-order chi connectivity index (χ0) is 18.9. The van der Waals surface area contributed by atoms with E-state index >= 15 is 0 Å². The van der Waals surface area contributed by atoms with Crippen LogP contribution in [-0.4, -0.2) is 47.7 Å². The van der Waals surface area contributed by atoms with Crippen LogP contribution in [0, 0.1) is 10.1 Å². The minimum absolute atomic E-state index is 0.0573. The maximum atomic E-state index is 12.3. The molecule has 0 saturated heterocycles. The molecule has 0 heterocycles. The van der Waals surface area contributed by atoms with Crippen LogP contribution < -0.4 is 10.6 Å². The molecule has 2 rings (SSSR count). The Morgan fingerprint density at radius 1 is 1.27 bits per heavy atom. The van der Waals surface area contributed by atoms with Crippen molar-refractivity contribution in [2.75, 3.05) is 25.1 Å². The number of amides is 1. The smallest absolute Gasteiger partial charge is 0.341 e. The van der Waals surface area contributed by atoms with E-state index in [1.165, 1.54) is 12.1 Å². The van der Waals surface area contributed by atoms with Crippen LogP contribution in [0.15, 0.2) is 18.2 Å². The number of anilines is 1. The van der Waals surface area contributed by atoms with Crippen molar-refractivity contribution in [1.82, 2.24) is 5.32 Å². The Balaban J connectivity index is 1.98. The quantitative estimate of drug-likeness (QED) is 0.362. The van der Waals surface area contributed by atoms with Crippen molar-refractivity contribution >= 4 is 23.3 Å². The second-order valence-electron chi connectivity index (χ2n) is 6.12. The molecule has 1 aromatic carbocycles. The zero-order valence-electron chi connectivity index (χ0n) is 14.4. The number of hydrogen-bond acceptors (Lipinski definition) is 7. The standard InChI is InChI=1S/C17H23N3O6/c21-9-8-18-15-7-6-13(20(24)25)10-14(15)17(23)26-11-16(22)19-12-4-2-1-3-5-12/h6-7,10,12,18,21H,1-5,8-9,11H2,(H,19,22). The van der Waals surface area contributed by atoms with Gasteiger partial charge in [0.05, 0.1) is 17.1 Å². The summed E-state index contributed by atoms with van der Waals surface area (Å²) in [6.07, 6.45) is 5.13. The molecule has 0 radical (unpaired) electrons. The molecule has 1 aliphatic rings. The fourth-order valence-corrected chi connectivity index (χ4v) is 2.88. The number of nitrogens with one attached hydrogen (secondary N) is 2. The van der Waals surface area contributed by atoms with Gasteiger partial charge in [0.25, 0.3) is 11.6 Å². The average Bonchev–Trinajstić information content (AvgIpc) is 2.65. The van der Waals surface area contributed by atoms with E-state index in [1.807, 2.05) is 0 Å². The van der Waals surface area contributed by atoms with Gasteiger partial charge in [-0.05, 0) is 18.9 Å². The Morgan fingerprint density at radius 3 is 2.65 bits per heavy atom. The number of nitro benzene ring substituents is 1. The third-order valence-corrected chi connectivity index (χ3v) is 4.17. The van der Waals surface area contributed by atoms with Gasteiger partial charge < -0.3 is 20.5 Å². The number of benzene rings is 1. The summed E-state index contributed by atoms with van der Waals surface area (Å²) in [7, 11) is 0. The molecule has 0 aromatic heterocycles. The van der Waals surface area contributed by atoms with E-state index in [0.717, 1.165) is 38.2 Å². The van der Waals surface area contributed by atoms with Gasteiger partial charge in [-0.2, -0.15) is 0 Å². The highest BCUT2D eigenvalue weighted by atomic mass is 16.6. The molecule has 0 unspecified atom stereocenters. The Bertz CT molecular complexity index is 658. The van der Waals surface area contributed by atoms with Crippen molar-refractivity contribution in [3.63, 3.8) is 0 Å². The van der Waals surface area contributed by atoms with Gasteiger partial charge in [-0.15, -0.1) is 0 Å². The first-order valence-electron chi connectivity index (χ1n) is 8.61. The first-order valence-corrected chi connectivity index (χ1v) is 8.61. The normalized spacial score (nSPS) is 14.5. The van der Waals surface area contributed by atoms with E-state index in [4.69, 9.17) is 9.84 Å². The number of aliphatic hydroxyl groups is 1. The van der Waals surface area contributed by atoms with Gasteiger partial charge >= 0.3 is 5.97 Å². The monoisotopic (exact) mass is 365 g/mol. The van der Waals surface area contributed by atoms with Gasteiger partial charge in [0, 0.05) is 30.4 Å². The van der Waals surface area contributed by atoms with Crippen molar-refractivity contribution in [2.45, 2.75) is 38.1 Å². The van der Waals surface area contributed by atoms with Gasteiger partial charge in [-0.3, -0.25) is 14.9 Å². The highest BCUT2D eigenvalue weighted by molar-refractivity contribution is 5.97. The van der Waals surface area contributed by atoms with E-state index < -0.39 is 17.5 Å². The highest BCUT2D eigenvalue weighted by Gasteiger charge is 2.20. The van der Waals surface area contributed by atoms with Crippen molar-refractivity contribution in [3.8, 4) is 0 Å². The molecule has 1 amide bonds. The molecule has 3 N–H and O–H groups in total. The van der Waals surface area contributed by atoms with E-state index in [-0.39, 0.29) is 36.4 Å². The predicted molar refractivity (Wildman–Crippen MR) is 94.0 cm³/mol. The largest absolute Gasteiger partial charge is 0.452 e. The average molecular weight is 365 g/mol. The van der Waals surface area contributed by atoms with Crippen LogP contribution in [0.1, 0.15) is 42.5 Å². The summed E-state index contributed by atoms with van der Waals surface area (Å²) >= 11 is 0. The van der Waals surface area contributed by atoms with Gasteiger partial charge in [0.2, 0.25) is 0 Å². The SMILES string of the molecule is O=C(COC(=O)c1cc([N+](=O)[O-])ccc1NCCO)NC1CCCCC1. The number of rotatable bonds is 8. The van der Waals surface area contributed by atoms with E-state index in [2.05, 4.69) is 10.6 Å². The summed E-state index contributed by atoms with van der Waals surface area (Å²) in [6.45, 7) is -0.451. The van der Waals surface area contributed by atoms with Crippen molar-refractivity contribution in [1.29, 1.82) is 0 Å². The number of hydrogen-bond donors (Lipinski definition) is 3. The third kappa shape index (κ3) is 5.69. The molecule has 9 nitrogen and oxygen atoms in total. The van der Waals surface area contributed by atoms with Crippen LogP contribution in [-0.2, 0) is 9.53 Å². The first-order chi connectivity index (χ1) is 12.5. The Kier molecular flexibility index (Phi) is 7.34. The summed E-state index contributed by atoms with van der Waals surface area (Å²) in [4.78, 5) is 34.5. The van der Waals surface area contributed by atoms with Crippen LogP contribution in [0.4, 0.5) is 11.4 Å². The molecule has 0 spiro atoms. The van der Waals surface area contributed by atoms with Gasteiger partial charge in [-0.1, -0.05) is 19.3 Å². The van der Waals surface area contributed by atoms with E-state index in [9.17, 15) is 19.7 Å². The topological polar surface area (TPSA) is 131 Å². The van der Waals surface area contributed by atoms with Crippen LogP contribution in [0.25, 0.3) is 0 Å². The van der Waals surface area contributed by atoms with Crippen molar-refractivity contribution < 1.29 is 24.4 Å². The van der Waals surface area contributed by atoms with Crippen molar-refractivity contribution in [3.05, 3.63) is 33.9 Å². The highest BCUT2D eigenvalue weighted by Crippen LogP contribution is 2.23. The van der Waals surface area contributed by atoms with Crippen LogP contribution in [0.3, 0.4) is 0 Å². The second kappa shape index (κ2) is 9.71. The maximum absolute atomic E-state index is 12.3. The maximum Gasteiger partial charge on any atom is 0.341 e. The lowest BCUT2D eigenvalue weighted by Crippen LogP contribution is -2.38. The minimum atomic E-state index is -0.840. The summed E-state index contributed by atoms with van der Waals surface area (Å²) in [6, 6.07) is 3.80. The number of nitrogens with zero attached hydrogens (tertiary/aromatic N) is 1. The molecular weight excluding hydrogens is 342 g/mol. The fraction of sp³-hybridized carbons (Fsp3) is 0.529. The fourth-order valence-electron chi connectivity index (χ4n) is 2.88. The van der Waals surface area contributed by atoms with Crippen LogP contribution >= 0.6 is 0 Å². The molecule has 0 bridgehead atoms. The Hall–Kier alpha value is -2.68. The zero-order valence-corrected chi connectivity index (χ0v) is 14.4. The predicted octanol–water partition coefficient (Wildman–Crippen LogP) is 1.60. The molecule has 0 atom stereocenters. The summed E-state index contributed by atoms with van der Waals surface area (Å²) in [5.41, 5.74) is -0.0291. The van der Waals surface area contributed by atoms with Gasteiger partial charge in [0.15, 0.2) is 6.61 Å². The van der Waals surface area contributed by atoms with Crippen LogP contribution in [0.2, 0.25) is 0 Å². The molecule has 0 aliphatic heterocycles. The number of aliphatic hydroxyl groups excluding tert-OH is 1. The number of nitro groups is 1. The lowest BCUT2D eigenvalue weighted by molar-refractivity contribution is -0.384. The number of esters is 1.